The van der Waals surface area contributed by atoms with Crippen LogP contribution in [0.2, 0.25) is 0 Å². The molecule has 0 saturated heterocycles. The minimum absolute atomic E-state index is 0.662. The molecule has 0 aromatic heterocycles. The predicted octanol–water partition coefficient (Wildman–Crippen LogP) is 2.03. The molecular weight excluding hydrogens is 198 g/mol. The zero-order valence-electron chi connectivity index (χ0n) is 8.65. The molecule has 0 aliphatic heterocycles. The van der Waals surface area contributed by atoms with Gasteiger partial charge in [-0.25, -0.2) is 0 Å². The summed E-state index contributed by atoms with van der Waals surface area (Å²) in [5, 5.41) is 0. The van der Waals surface area contributed by atoms with Gasteiger partial charge in [-0.1, -0.05) is 0 Å². The molecule has 0 bridgehead atoms. The van der Waals surface area contributed by atoms with Crippen molar-refractivity contribution < 1.29 is 9.47 Å². The maximum atomic E-state index is 5.19. The first-order chi connectivity index (χ1) is 6.72. The van der Waals surface area contributed by atoms with Crippen molar-refractivity contribution in [3.05, 3.63) is 18.2 Å². The summed E-state index contributed by atoms with van der Waals surface area (Å²) in [5.74, 6) is 2.14. The van der Waals surface area contributed by atoms with Crippen molar-refractivity contribution in [2.45, 2.75) is 0 Å². The van der Waals surface area contributed by atoms with Crippen LogP contribution in [-0.2, 0) is 0 Å². The van der Waals surface area contributed by atoms with Gasteiger partial charge in [0.25, 0.3) is 0 Å². The lowest BCUT2D eigenvalue weighted by Crippen LogP contribution is -2.14. The van der Waals surface area contributed by atoms with Gasteiger partial charge in [0.15, 0.2) is 11.5 Å². The van der Waals surface area contributed by atoms with Crippen molar-refractivity contribution in [2.24, 2.45) is 0 Å². The van der Waals surface area contributed by atoms with E-state index in [2.05, 4.69) is 12.6 Å². The summed E-state index contributed by atoms with van der Waals surface area (Å²) in [6, 6.07) is 5.78. The molecule has 0 aliphatic carbocycles. The van der Waals surface area contributed by atoms with Crippen LogP contribution in [0.15, 0.2) is 18.2 Å². The number of hydrogen-bond donors (Lipinski definition) is 1. The van der Waals surface area contributed by atoms with Crippen molar-refractivity contribution in [2.75, 3.05) is 32.0 Å². The molecule has 0 radical (unpaired) electrons. The normalized spacial score (nSPS) is 9.71. The van der Waals surface area contributed by atoms with E-state index in [4.69, 9.17) is 9.47 Å². The van der Waals surface area contributed by atoms with Crippen molar-refractivity contribution >= 4 is 18.3 Å². The van der Waals surface area contributed by atoms with Gasteiger partial charge in [0.2, 0.25) is 0 Å². The zero-order chi connectivity index (χ0) is 10.6. The molecule has 78 valence electrons. The number of hydrogen-bond acceptors (Lipinski definition) is 4. The third kappa shape index (κ3) is 2.26. The fourth-order valence-corrected chi connectivity index (χ4v) is 1.31. The van der Waals surface area contributed by atoms with Gasteiger partial charge >= 0.3 is 0 Å². The largest absolute Gasteiger partial charge is 0.493 e. The van der Waals surface area contributed by atoms with Gasteiger partial charge in [0.1, 0.15) is 0 Å². The number of thiol groups is 1. The van der Waals surface area contributed by atoms with Crippen LogP contribution < -0.4 is 14.4 Å². The van der Waals surface area contributed by atoms with Crippen molar-refractivity contribution in [1.82, 2.24) is 0 Å². The molecule has 0 spiro atoms. The summed E-state index contributed by atoms with van der Waals surface area (Å²) in [6.07, 6.45) is 0. The molecule has 3 nitrogen and oxygen atoms in total. The molecule has 1 rings (SSSR count). The Labute approximate surface area is 90.0 Å². The van der Waals surface area contributed by atoms with E-state index in [-0.39, 0.29) is 0 Å². The van der Waals surface area contributed by atoms with E-state index in [1.165, 1.54) is 0 Å². The number of ether oxygens (including phenoxy) is 2. The minimum Gasteiger partial charge on any atom is -0.493 e. The maximum absolute atomic E-state index is 5.19. The van der Waals surface area contributed by atoms with Crippen LogP contribution in [-0.4, -0.2) is 27.1 Å². The van der Waals surface area contributed by atoms with E-state index >= 15 is 0 Å². The summed E-state index contributed by atoms with van der Waals surface area (Å²) in [6.45, 7) is 0. The molecule has 4 heteroatoms. The van der Waals surface area contributed by atoms with Gasteiger partial charge in [0, 0.05) is 18.8 Å². The van der Waals surface area contributed by atoms with Crippen molar-refractivity contribution in [3.63, 3.8) is 0 Å². The standard InChI is InChI=1S/C10H15NO2S/c1-11(7-14)8-4-5-9(12-2)10(6-8)13-3/h4-6,14H,7H2,1-3H3. The molecule has 0 aliphatic rings. The number of benzene rings is 1. The van der Waals surface area contributed by atoms with E-state index < -0.39 is 0 Å². The number of methoxy groups -OCH3 is 2. The van der Waals surface area contributed by atoms with Crippen LogP contribution in [0.1, 0.15) is 0 Å². The summed E-state index contributed by atoms with van der Waals surface area (Å²) in [5.41, 5.74) is 1.05. The highest BCUT2D eigenvalue weighted by molar-refractivity contribution is 7.80. The zero-order valence-corrected chi connectivity index (χ0v) is 9.54. The first kappa shape index (κ1) is 11.0. The van der Waals surface area contributed by atoms with E-state index in [0.29, 0.717) is 5.88 Å². The molecule has 0 amide bonds. The molecule has 0 heterocycles. The molecule has 1 aromatic rings. The fourth-order valence-electron chi connectivity index (χ4n) is 1.14. The second-order valence-electron chi connectivity index (χ2n) is 2.88. The van der Waals surface area contributed by atoms with E-state index in [9.17, 15) is 0 Å². The highest BCUT2D eigenvalue weighted by Crippen LogP contribution is 2.30. The summed E-state index contributed by atoms with van der Waals surface area (Å²) in [4.78, 5) is 2.01. The minimum atomic E-state index is 0.662. The molecule has 0 atom stereocenters. The lowest BCUT2D eigenvalue weighted by atomic mass is 10.2. The van der Waals surface area contributed by atoms with Gasteiger partial charge in [-0.05, 0) is 12.1 Å². The van der Waals surface area contributed by atoms with Crippen LogP contribution in [0, 0.1) is 0 Å². The van der Waals surface area contributed by atoms with Crippen LogP contribution in [0.3, 0.4) is 0 Å². The Bertz CT molecular complexity index is 304. The lowest BCUT2D eigenvalue weighted by Gasteiger charge is -2.17. The molecule has 0 saturated carbocycles. The molecule has 1 aromatic carbocycles. The van der Waals surface area contributed by atoms with Gasteiger partial charge in [-0.15, -0.1) is 0 Å². The predicted molar refractivity (Wildman–Crippen MR) is 61.8 cm³/mol. The Morgan fingerprint density at radius 2 is 1.86 bits per heavy atom. The average Bonchev–Trinajstić information content (AvgIpc) is 2.26. The summed E-state index contributed by atoms with van der Waals surface area (Å²) >= 11 is 4.19. The Kier molecular flexibility index (Phi) is 3.95. The Balaban J connectivity index is 3.01. The quantitative estimate of drug-likeness (QED) is 0.611. The van der Waals surface area contributed by atoms with Crippen molar-refractivity contribution in [1.29, 1.82) is 0 Å². The lowest BCUT2D eigenvalue weighted by molar-refractivity contribution is 0.355. The Hall–Kier alpha value is -1.03. The highest BCUT2D eigenvalue weighted by Gasteiger charge is 2.06. The van der Waals surface area contributed by atoms with Crippen LogP contribution in [0.5, 0.6) is 11.5 Å². The Morgan fingerprint density at radius 1 is 1.21 bits per heavy atom. The SMILES string of the molecule is COc1ccc(N(C)CS)cc1OC. The molecule has 0 fully saturated rings. The number of anilines is 1. The van der Waals surface area contributed by atoms with Gasteiger partial charge in [-0.2, -0.15) is 12.6 Å². The Morgan fingerprint density at radius 3 is 2.36 bits per heavy atom. The molecule has 0 N–H and O–H groups in total. The molecule has 0 unspecified atom stereocenters. The first-order valence-corrected chi connectivity index (χ1v) is 4.90. The third-order valence-corrected chi connectivity index (χ3v) is 2.44. The summed E-state index contributed by atoms with van der Waals surface area (Å²) < 4.78 is 10.3. The second-order valence-corrected chi connectivity index (χ2v) is 3.16. The molecular formula is C10H15NO2S. The van der Waals surface area contributed by atoms with Crippen LogP contribution >= 0.6 is 12.6 Å². The number of nitrogens with zero attached hydrogens (tertiary/aromatic N) is 1. The van der Waals surface area contributed by atoms with Gasteiger partial charge < -0.3 is 14.4 Å². The van der Waals surface area contributed by atoms with Gasteiger partial charge in [-0.3, -0.25) is 0 Å². The highest BCUT2D eigenvalue weighted by atomic mass is 32.1. The van der Waals surface area contributed by atoms with Crippen molar-refractivity contribution in [3.8, 4) is 11.5 Å². The third-order valence-electron chi connectivity index (χ3n) is 2.02. The second kappa shape index (κ2) is 5.00. The molecule has 14 heavy (non-hydrogen) atoms. The monoisotopic (exact) mass is 213 g/mol. The van der Waals surface area contributed by atoms with Crippen LogP contribution in [0.25, 0.3) is 0 Å². The van der Waals surface area contributed by atoms with E-state index in [1.54, 1.807) is 14.2 Å². The summed E-state index contributed by atoms with van der Waals surface area (Å²) in [7, 11) is 5.22. The topological polar surface area (TPSA) is 21.7 Å². The first-order valence-electron chi connectivity index (χ1n) is 4.27. The average molecular weight is 213 g/mol. The van der Waals surface area contributed by atoms with Gasteiger partial charge in [0.05, 0.1) is 20.1 Å². The fraction of sp³-hybridized carbons (Fsp3) is 0.400. The smallest absolute Gasteiger partial charge is 0.162 e. The number of rotatable bonds is 4. The maximum Gasteiger partial charge on any atom is 0.162 e. The van der Waals surface area contributed by atoms with Crippen LogP contribution in [0.4, 0.5) is 5.69 Å². The van der Waals surface area contributed by atoms with E-state index in [1.807, 2.05) is 30.1 Å². The van der Waals surface area contributed by atoms with E-state index in [0.717, 1.165) is 17.2 Å².